The summed E-state index contributed by atoms with van der Waals surface area (Å²) in [5.74, 6) is 0.0191. The van der Waals surface area contributed by atoms with Crippen molar-refractivity contribution >= 4 is 11.6 Å². The van der Waals surface area contributed by atoms with Crippen LogP contribution in [0.2, 0.25) is 0 Å². The third-order valence-electron chi connectivity index (χ3n) is 2.17. The first-order chi connectivity index (χ1) is 7.65. The molecule has 4 nitrogen and oxygen atoms in total. The predicted octanol–water partition coefficient (Wildman–Crippen LogP) is 1.78. The smallest absolute Gasteiger partial charge is 0.252 e. The van der Waals surface area contributed by atoms with Crippen molar-refractivity contribution in [2.24, 2.45) is 0 Å². The van der Waals surface area contributed by atoms with Gasteiger partial charge in [-0.25, -0.2) is 0 Å². The van der Waals surface area contributed by atoms with Gasteiger partial charge in [0.1, 0.15) is 12.4 Å². The maximum absolute atomic E-state index is 11.6. The molecule has 0 aliphatic rings. The van der Waals surface area contributed by atoms with Crippen LogP contribution in [0, 0.1) is 0 Å². The van der Waals surface area contributed by atoms with Crippen LogP contribution in [0.15, 0.2) is 24.3 Å². The third kappa shape index (κ3) is 3.55. The van der Waals surface area contributed by atoms with Crippen molar-refractivity contribution in [3.8, 4) is 5.75 Å². The van der Waals surface area contributed by atoms with Gasteiger partial charge in [-0.15, -0.1) is 0 Å². The number of ether oxygens (including phenoxy) is 1. The minimum atomic E-state index is -0.126. The van der Waals surface area contributed by atoms with E-state index in [1.807, 2.05) is 6.92 Å². The molecule has 0 saturated carbocycles. The number of phenolic OH excluding ortho intramolecular Hbond substituents is 1. The molecule has 0 unspecified atom stereocenters. The quantitative estimate of drug-likeness (QED) is 0.774. The molecule has 1 rings (SSSR count). The van der Waals surface area contributed by atoms with E-state index in [-0.39, 0.29) is 18.3 Å². The molecule has 0 radical (unpaired) electrons. The minimum Gasteiger partial charge on any atom is -0.508 e. The molecular weight excluding hydrogens is 206 g/mol. The summed E-state index contributed by atoms with van der Waals surface area (Å²) in [6.45, 7) is 2.64. The summed E-state index contributed by atoms with van der Waals surface area (Å²) in [5.41, 5.74) is 0.657. The summed E-state index contributed by atoms with van der Waals surface area (Å²) >= 11 is 0. The van der Waals surface area contributed by atoms with Crippen molar-refractivity contribution < 1.29 is 14.6 Å². The number of likely N-dealkylation sites (N-methyl/N-ethyl adjacent to an activating group) is 1. The molecule has 1 N–H and O–H groups in total. The Morgan fingerprint density at radius 1 is 1.50 bits per heavy atom. The minimum absolute atomic E-state index is 0.0694. The zero-order chi connectivity index (χ0) is 12.0. The Kier molecular flexibility index (Phi) is 4.79. The molecule has 0 spiro atoms. The normalized spacial score (nSPS) is 10.1. The van der Waals surface area contributed by atoms with E-state index in [1.165, 1.54) is 11.0 Å². The predicted molar refractivity (Wildman–Crippen MR) is 62.6 cm³/mol. The Bertz CT molecular complexity index is 352. The fourth-order valence-electron chi connectivity index (χ4n) is 1.25. The maximum atomic E-state index is 11.6. The number of rotatable bonds is 5. The van der Waals surface area contributed by atoms with Crippen LogP contribution in [0.3, 0.4) is 0 Å². The fourth-order valence-corrected chi connectivity index (χ4v) is 1.25. The van der Waals surface area contributed by atoms with Crippen LogP contribution in [0.5, 0.6) is 5.75 Å². The lowest BCUT2D eigenvalue weighted by Crippen LogP contribution is -2.30. The van der Waals surface area contributed by atoms with Gasteiger partial charge in [-0.1, -0.05) is 13.0 Å². The summed E-state index contributed by atoms with van der Waals surface area (Å²) in [6, 6.07) is 6.56. The lowest BCUT2D eigenvalue weighted by atomic mass is 10.3. The maximum Gasteiger partial charge on any atom is 0.252 e. The second kappa shape index (κ2) is 6.12. The zero-order valence-electron chi connectivity index (χ0n) is 9.64. The molecule has 0 heterocycles. The van der Waals surface area contributed by atoms with Crippen molar-refractivity contribution in [3.63, 3.8) is 0 Å². The van der Waals surface area contributed by atoms with E-state index in [0.717, 1.165) is 6.42 Å². The van der Waals surface area contributed by atoms with Crippen LogP contribution in [0.4, 0.5) is 5.69 Å². The average molecular weight is 223 g/mol. The van der Waals surface area contributed by atoms with E-state index in [4.69, 9.17) is 4.74 Å². The molecule has 0 aliphatic carbocycles. The topological polar surface area (TPSA) is 49.8 Å². The van der Waals surface area contributed by atoms with Gasteiger partial charge in [-0.3, -0.25) is 4.79 Å². The summed E-state index contributed by atoms with van der Waals surface area (Å²) in [6.07, 6.45) is 0.892. The van der Waals surface area contributed by atoms with E-state index in [0.29, 0.717) is 12.3 Å². The SMILES string of the molecule is CCCOCC(=O)N(C)c1cccc(O)c1. The molecule has 4 heteroatoms. The standard InChI is InChI=1S/C12H17NO3/c1-3-7-16-9-12(15)13(2)10-5-4-6-11(14)8-10/h4-6,8,14H,3,7,9H2,1-2H3. The summed E-state index contributed by atoms with van der Waals surface area (Å²) < 4.78 is 5.16. The molecule has 0 bridgehead atoms. The Hall–Kier alpha value is -1.55. The highest BCUT2D eigenvalue weighted by molar-refractivity contribution is 5.93. The first kappa shape index (κ1) is 12.5. The van der Waals surface area contributed by atoms with Gasteiger partial charge in [-0.2, -0.15) is 0 Å². The Balaban J connectivity index is 2.56. The Morgan fingerprint density at radius 3 is 2.88 bits per heavy atom. The number of aromatic hydroxyl groups is 1. The fraction of sp³-hybridized carbons (Fsp3) is 0.417. The first-order valence-corrected chi connectivity index (χ1v) is 5.28. The van der Waals surface area contributed by atoms with Crippen LogP contribution in [0.1, 0.15) is 13.3 Å². The Labute approximate surface area is 95.5 Å². The number of nitrogens with zero attached hydrogens (tertiary/aromatic N) is 1. The lowest BCUT2D eigenvalue weighted by molar-refractivity contribution is -0.122. The molecule has 88 valence electrons. The number of carbonyl (C=O) groups excluding carboxylic acids is 1. The molecule has 0 aliphatic heterocycles. The highest BCUT2D eigenvalue weighted by Gasteiger charge is 2.10. The van der Waals surface area contributed by atoms with Gasteiger partial charge in [0.15, 0.2) is 0 Å². The number of anilines is 1. The molecule has 16 heavy (non-hydrogen) atoms. The van der Waals surface area contributed by atoms with Gasteiger partial charge in [0.05, 0.1) is 0 Å². The van der Waals surface area contributed by atoms with E-state index in [9.17, 15) is 9.90 Å². The van der Waals surface area contributed by atoms with Gasteiger partial charge >= 0.3 is 0 Å². The zero-order valence-corrected chi connectivity index (χ0v) is 9.64. The van der Waals surface area contributed by atoms with Crippen LogP contribution in [-0.4, -0.2) is 31.3 Å². The molecule has 0 aromatic heterocycles. The van der Waals surface area contributed by atoms with Gasteiger partial charge < -0.3 is 14.7 Å². The highest BCUT2D eigenvalue weighted by atomic mass is 16.5. The van der Waals surface area contributed by atoms with Gasteiger partial charge in [0.25, 0.3) is 5.91 Å². The third-order valence-corrected chi connectivity index (χ3v) is 2.17. The summed E-state index contributed by atoms with van der Waals surface area (Å²) in [5, 5.41) is 9.29. The van der Waals surface area contributed by atoms with Crippen molar-refractivity contribution in [3.05, 3.63) is 24.3 Å². The number of carbonyl (C=O) groups is 1. The van der Waals surface area contributed by atoms with E-state index in [2.05, 4.69) is 0 Å². The summed E-state index contributed by atoms with van der Waals surface area (Å²) in [7, 11) is 1.66. The van der Waals surface area contributed by atoms with Gasteiger partial charge in [0, 0.05) is 25.4 Å². The molecule has 1 aromatic rings. The van der Waals surface area contributed by atoms with Crippen LogP contribution >= 0.6 is 0 Å². The van der Waals surface area contributed by atoms with Gasteiger partial charge in [0.2, 0.25) is 0 Å². The Morgan fingerprint density at radius 2 is 2.25 bits per heavy atom. The van der Waals surface area contributed by atoms with Crippen molar-refractivity contribution in [1.82, 2.24) is 0 Å². The van der Waals surface area contributed by atoms with Crippen LogP contribution in [-0.2, 0) is 9.53 Å². The van der Waals surface area contributed by atoms with Gasteiger partial charge in [-0.05, 0) is 18.6 Å². The molecule has 0 atom stereocenters. The van der Waals surface area contributed by atoms with Crippen LogP contribution in [0.25, 0.3) is 0 Å². The van der Waals surface area contributed by atoms with Crippen molar-refractivity contribution in [2.75, 3.05) is 25.2 Å². The molecule has 0 saturated heterocycles. The summed E-state index contributed by atoms with van der Waals surface area (Å²) in [4.78, 5) is 13.1. The second-order valence-corrected chi connectivity index (χ2v) is 3.53. The largest absolute Gasteiger partial charge is 0.508 e. The lowest BCUT2D eigenvalue weighted by Gasteiger charge is -2.17. The monoisotopic (exact) mass is 223 g/mol. The van der Waals surface area contributed by atoms with Crippen molar-refractivity contribution in [1.29, 1.82) is 0 Å². The molecule has 1 aromatic carbocycles. The van der Waals surface area contributed by atoms with E-state index < -0.39 is 0 Å². The number of hydrogen-bond donors (Lipinski definition) is 1. The first-order valence-electron chi connectivity index (χ1n) is 5.28. The highest BCUT2D eigenvalue weighted by Crippen LogP contribution is 2.18. The number of hydrogen-bond acceptors (Lipinski definition) is 3. The molecular formula is C12H17NO3. The van der Waals surface area contributed by atoms with Crippen molar-refractivity contribution in [2.45, 2.75) is 13.3 Å². The molecule has 1 amide bonds. The average Bonchev–Trinajstić information content (AvgIpc) is 2.28. The number of amides is 1. The number of phenols is 1. The number of benzene rings is 1. The van der Waals surface area contributed by atoms with E-state index >= 15 is 0 Å². The molecule has 0 fully saturated rings. The second-order valence-electron chi connectivity index (χ2n) is 3.53. The van der Waals surface area contributed by atoms with E-state index in [1.54, 1.807) is 25.2 Å². The van der Waals surface area contributed by atoms with Crippen LogP contribution < -0.4 is 4.90 Å².